The van der Waals surface area contributed by atoms with Crippen LogP contribution in [0.15, 0.2) is 60.9 Å². The molecule has 0 aliphatic carbocycles. The number of carbonyl (C=O) groups excluding carboxylic acids is 2. The van der Waals surface area contributed by atoms with Crippen molar-refractivity contribution in [2.24, 2.45) is 0 Å². The van der Waals surface area contributed by atoms with Crippen LogP contribution < -0.4 is 0 Å². The van der Waals surface area contributed by atoms with E-state index in [1.54, 1.807) is 0 Å². The molecule has 0 aliphatic rings. The zero-order valence-corrected chi connectivity index (χ0v) is 12.4. The predicted molar refractivity (Wildman–Crippen MR) is 82.2 cm³/mol. The number of phenolic OH excluding ortho intramolecular Hbond substituents is 1. The summed E-state index contributed by atoms with van der Waals surface area (Å²) in [5, 5.41) is 9.14. The van der Waals surface area contributed by atoms with E-state index >= 15 is 0 Å². The van der Waals surface area contributed by atoms with Gasteiger partial charge in [0, 0.05) is 0 Å². The zero-order valence-electron chi connectivity index (χ0n) is 12.4. The van der Waals surface area contributed by atoms with Gasteiger partial charge in [-0.2, -0.15) is 0 Å². The third kappa shape index (κ3) is 5.66. The van der Waals surface area contributed by atoms with Gasteiger partial charge in [0.1, 0.15) is 11.5 Å². The molecule has 5 heteroatoms. The number of hydrogen-bond donors (Lipinski definition) is 1. The highest BCUT2D eigenvalue weighted by atomic mass is 16.5. The van der Waals surface area contributed by atoms with E-state index in [1.807, 2.05) is 6.92 Å². The van der Waals surface area contributed by atoms with Gasteiger partial charge in [-0.3, -0.25) is 0 Å². The lowest BCUT2D eigenvalue weighted by Gasteiger charge is -2.04. The van der Waals surface area contributed by atoms with Crippen LogP contribution in [0.2, 0.25) is 0 Å². The number of allylic oxidation sites excluding steroid dienone is 1. The smallest absolute Gasteiger partial charge is 0.343 e. The van der Waals surface area contributed by atoms with Gasteiger partial charge < -0.3 is 14.6 Å². The first kappa shape index (κ1) is 17.2. The third-order valence-corrected chi connectivity index (χ3v) is 2.50. The summed E-state index contributed by atoms with van der Waals surface area (Å²) >= 11 is 0. The molecule has 1 aromatic rings. The van der Waals surface area contributed by atoms with Gasteiger partial charge in [-0.15, -0.1) is 0 Å². The summed E-state index contributed by atoms with van der Waals surface area (Å²) in [7, 11) is 0. The minimum absolute atomic E-state index is 0.0529. The summed E-state index contributed by atoms with van der Waals surface area (Å²) in [5.74, 6) is -1.04. The molecular weight excluding hydrogens is 284 g/mol. The normalized spacial score (nSPS) is 10.2. The second-order valence-corrected chi connectivity index (χ2v) is 4.40. The molecule has 0 unspecified atom stereocenters. The minimum atomic E-state index is -0.617. The summed E-state index contributed by atoms with van der Waals surface area (Å²) < 4.78 is 9.89. The molecule has 0 radical (unpaired) electrons. The van der Waals surface area contributed by atoms with Crippen molar-refractivity contribution in [1.29, 1.82) is 0 Å². The Hall–Kier alpha value is -2.82. The number of esters is 2. The fourth-order valence-corrected chi connectivity index (χ4v) is 1.36. The first-order valence-corrected chi connectivity index (χ1v) is 6.68. The van der Waals surface area contributed by atoms with Gasteiger partial charge in [-0.25, -0.2) is 9.59 Å². The fraction of sp³-hybridized carbons (Fsp3) is 0.176. The minimum Gasteiger partial charge on any atom is -0.508 e. The largest absolute Gasteiger partial charge is 0.508 e. The number of aromatic hydroxyl groups is 1. The fourth-order valence-electron chi connectivity index (χ4n) is 1.36. The molecule has 0 saturated carbocycles. The number of carbonyl (C=O) groups is 2. The summed E-state index contributed by atoms with van der Waals surface area (Å²) in [4.78, 5) is 23.2. The molecule has 22 heavy (non-hydrogen) atoms. The molecule has 0 amide bonds. The van der Waals surface area contributed by atoms with E-state index in [2.05, 4.69) is 13.2 Å². The molecule has 0 fully saturated rings. The molecule has 116 valence electrons. The lowest BCUT2D eigenvalue weighted by Crippen LogP contribution is -2.06. The van der Waals surface area contributed by atoms with Crippen molar-refractivity contribution in [1.82, 2.24) is 0 Å². The molecule has 0 aliphatic heterocycles. The van der Waals surface area contributed by atoms with E-state index in [4.69, 9.17) is 14.6 Å². The standard InChI is InChI=1S/C17H18O5/c1-4-11-21-16(19)12(2)5-6-13(3)22-17(20)14-7-9-15(18)10-8-14/h5-10,18H,2-4,11H2,1H3/b6-5-. The average Bonchev–Trinajstić information content (AvgIpc) is 2.50. The molecule has 1 aromatic carbocycles. The van der Waals surface area contributed by atoms with Crippen molar-refractivity contribution in [3.8, 4) is 5.75 Å². The van der Waals surface area contributed by atoms with E-state index in [0.717, 1.165) is 6.42 Å². The number of ether oxygens (including phenoxy) is 2. The maximum Gasteiger partial charge on any atom is 0.343 e. The Morgan fingerprint density at radius 2 is 1.82 bits per heavy atom. The Morgan fingerprint density at radius 3 is 2.41 bits per heavy atom. The molecule has 0 atom stereocenters. The first-order chi connectivity index (χ1) is 10.4. The lowest BCUT2D eigenvalue weighted by molar-refractivity contribution is -0.138. The summed E-state index contributed by atoms with van der Waals surface area (Å²) in [6.07, 6.45) is 3.44. The van der Waals surface area contributed by atoms with Crippen molar-refractivity contribution in [2.75, 3.05) is 6.61 Å². The van der Waals surface area contributed by atoms with E-state index < -0.39 is 11.9 Å². The molecule has 1 rings (SSSR count). The Labute approximate surface area is 129 Å². The van der Waals surface area contributed by atoms with Crippen molar-refractivity contribution in [2.45, 2.75) is 13.3 Å². The first-order valence-electron chi connectivity index (χ1n) is 6.68. The Kier molecular flexibility index (Phi) is 6.63. The van der Waals surface area contributed by atoms with Crippen LogP contribution in [0.5, 0.6) is 5.75 Å². The van der Waals surface area contributed by atoms with Crippen LogP contribution in [0.25, 0.3) is 0 Å². The van der Waals surface area contributed by atoms with Crippen LogP contribution >= 0.6 is 0 Å². The second-order valence-electron chi connectivity index (χ2n) is 4.40. The van der Waals surface area contributed by atoms with Crippen LogP contribution in [0.1, 0.15) is 23.7 Å². The van der Waals surface area contributed by atoms with E-state index in [-0.39, 0.29) is 22.6 Å². The molecule has 0 aromatic heterocycles. The summed E-state index contributed by atoms with van der Waals surface area (Å²) in [6.45, 7) is 9.32. The number of hydrogen-bond acceptors (Lipinski definition) is 5. The van der Waals surface area contributed by atoms with Crippen LogP contribution in [0, 0.1) is 0 Å². The highest BCUT2D eigenvalue weighted by molar-refractivity contribution is 5.91. The van der Waals surface area contributed by atoms with Crippen LogP contribution in [-0.2, 0) is 14.3 Å². The van der Waals surface area contributed by atoms with Crippen molar-refractivity contribution < 1.29 is 24.2 Å². The van der Waals surface area contributed by atoms with Crippen LogP contribution in [-0.4, -0.2) is 23.7 Å². The van der Waals surface area contributed by atoms with Gasteiger partial charge in [-0.1, -0.05) is 20.1 Å². The lowest BCUT2D eigenvalue weighted by atomic mass is 10.2. The molecule has 0 bridgehead atoms. The number of benzene rings is 1. The quantitative estimate of drug-likeness (QED) is 0.362. The Balaban J connectivity index is 2.53. The molecule has 5 nitrogen and oxygen atoms in total. The Bertz CT molecular complexity index is 596. The predicted octanol–water partition coefficient (Wildman–Crippen LogP) is 3.13. The maximum absolute atomic E-state index is 11.8. The Morgan fingerprint density at radius 1 is 1.18 bits per heavy atom. The van der Waals surface area contributed by atoms with E-state index in [0.29, 0.717) is 6.61 Å². The highest BCUT2D eigenvalue weighted by Crippen LogP contribution is 2.12. The average molecular weight is 302 g/mol. The van der Waals surface area contributed by atoms with Crippen molar-refractivity contribution in [3.63, 3.8) is 0 Å². The molecule has 0 spiro atoms. The van der Waals surface area contributed by atoms with Crippen molar-refractivity contribution >= 4 is 11.9 Å². The molecule has 1 N–H and O–H groups in total. The van der Waals surface area contributed by atoms with E-state index in [9.17, 15) is 9.59 Å². The molecular formula is C17H18O5. The maximum atomic E-state index is 11.8. The summed E-state index contributed by atoms with van der Waals surface area (Å²) in [6, 6.07) is 5.60. The number of phenols is 1. The molecule has 0 saturated heterocycles. The third-order valence-electron chi connectivity index (χ3n) is 2.50. The summed E-state index contributed by atoms with van der Waals surface area (Å²) in [5.41, 5.74) is 0.406. The van der Waals surface area contributed by atoms with Gasteiger partial charge in [0.25, 0.3) is 0 Å². The van der Waals surface area contributed by atoms with Crippen LogP contribution in [0.4, 0.5) is 0 Å². The van der Waals surface area contributed by atoms with Crippen LogP contribution in [0.3, 0.4) is 0 Å². The van der Waals surface area contributed by atoms with Gasteiger partial charge in [0.05, 0.1) is 17.7 Å². The highest BCUT2D eigenvalue weighted by Gasteiger charge is 2.09. The van der Waals surface area contributed by atoms with Crippen molar-refractivity contribution in [3.05, 3.63) is 66.5 Å². The van der Waals surface area contributed by atoms with Gasteiger partial charge >= 0.3 is 11.9 Å². The topological polar surface area (TPSA) is 72.8 Å². The second kappa shape index (κ2) is 8.46. The number of rotatable bonds is 7. The SMILES string of the molecule is C=C(/C=C\C(=C)C(=O)OCCC)OC(=O)c1ccc(O)cc1. The van der Waals surface area contributed by atoms with E-state index in [1.165, 1.54) is 36.4 Å². The van der Waals surface area contributed by atoms with Gasteiger partial charge in [-0.05, 0) is 42.8 Å². The monoisotopic (exact) mass is 302 g/mol. The molecule has 0 heterocycles. The van der Waals surface area contributed by atoms with Gasteiger partial charge in [0.2, 0.25) is 0 Å². The zero-order chi connectivity index (χ0) is 16.5. The van der Waals surface area contributed by atoms with Gasteiger partial charge in [0.15, 0.2) is 0 Å².